The molecule has 1 aliphatic rings. The van der Waals surface area contributed by atoms with Gasteiger partial charge in [-0.1, -0.05) is 6.07 Å². The van der Waals surface area contributed by atoms with Crippen molar-refractivity contribution in [3.63, 3.8) is 0 Å². The smallest absolute Gasteiger partial charge is 0.416 e. The van der Waals surface area contributed by atoms with Gasteiger partial charge in [0.25, 0.3) is 0 Å². The Bertz CT molecular complexity index is 584. The predicted molar refractivity (Wildman–Crippen MR) is 98.3 cm³/mol. The molecule has 1 aromatic rings. The number of rotatable bonds is 3. The molecule has 134 valence electrons. The van der Waals surface area contributed by atoms with Gasteiger partial charge in [-0.15, -0.1) is 0 Å². The van der Waals surface area contributed by atoms with E-state index in [2.05, 4.69) is 34.8 Å². The molecule has 1 aromatic heterocycles. The molecule has 0 aliphatic carbocycles. The van der Waals surface area contributed by atoms with E-state index in [1.807, 2.05) is 39.0 Å². The van der Waals surface area contributed by atoms with Crippen molar-refractivity contribution in [1.29, 1.82) is 0 Å². The summed E-state index contributed by atoms with van der Waals surface area (Å²) in [6.45, 7) is 11.1. The van der Waals surface area contributed by atoms with Gasteiger partial charge in [0, 0.05) is 13.2 Å². The van der Waals surface area contributed by atoms with Crippen LogP contribution in [-0.4, -0.2) is 35.4 Å². The van der Waals surface area contributed by atoms with E-state index >= 15 is 0 Å². The second-order valence-electron chi connectivity index (χ2n) is 7.88. The fourth-order valence-electron chi connectivity index (χ4n) is 2.90. The van der Waals surface area contributed by atoms with Crippen molar-refractivity contribution in [2.24, 2.45) is 5.92 Å². The van der Waals surface area contributed by atoms with E-state index in [4.69, 9.17) is 9.47 Å². The van der Waals surface area contributed by atoms with Crippen LogP contribution in [0, 0.1) is 5.92 Å². The molecule has 5 nitrogen and oxygen atoms in total. The highest BCUT2D eigenvalue weighted by molar-refractivity contribution is 9.10. The first-order valence-corrected chi connectivity index (χ1v) is 9.12. The van der Waals surface area contributed by atoms with E-state index in [0.29, 0.717) is 29.5 Å². The van der Waals surface area contributed by atoms with Gasteiger partial charge >= 0.3 is 6.09 Å². The Morgan fingerprint density at radius 2 is 2.17 bits per heavy atom. The lowest BCUT2D eigenvalue weighted by Crippen LogP contribution is -2.44. The highest BCUT2D eigenvalue weighted by Crippen LogP contribution is 2.30. The quantitative estimate of drug-likeness (QED) is 0.686. The fraction of sp³-hybridized carbons (Fsp3) is 0.667. The number of halogens is 1. The van der Waals surface area contributed by atoms with E-state index in [1.54, 1.807) is 4.90 Å². The number of pyridine rings is 1. The zero-order valence-electron chi connectivity index (χ0n) is 15.1. The van der Waals surface area contributed by atoms with E-state index in [9.17, 15) is 4.79 Å². The van der Waals surface area contributed by atoms with Gasteiger partial charge in [-0.3, -0.25) is 4.90 Å². The normalized spacial score (nSPS) is 20.5. The first-order valence-electron chi connectivity index (χ1n) is 8.33. The number of anilines is 1. The minimum atomic E-state index is -0.545. The minimum absolute atomic E-state index is 0.160. The molecule has 0 unspecified atom stereocenters. The average Bonchev–Trinajstić information content (AvgIpc) is 2.41. The van der Waals surface area contributed by atoms with Crippen LogP contribution in [0.5, 0.6) is 0 Å². The SMILES string of the molecule is CC(C)(C)OC(=O)N(C[C@H]1CCOC(C)(C)C1)c1cccc(Br)n1. The maximum Gasteiger partial charge on any atom is 0.416 e. The predicted octanol–water partition coefficient (Wildman–Crippen LogP) is 4.79. The lowest BCUT2D eigenvalue weighted by molar-refractivity contribution is -0.0710. The largest absolute Gasteiger partial charge is 0.443 e. The number of hydrogen-bond donors (Lipinski definition) is 0. The van der Waals surface area contributed by atoms with Gasteiger partial charge in [0.1, 0.15) is 16.0 Å². The van der Waals surface area contributed by atoms with Crippen molar-refractivity contribution in [3.05, 3.63) is 22.8 Å². The Kier molecular flexibility index (Phi) is 5.91. The number of ether oxygens (including phenoxy) is 2. The van der Waals surface area contributed by atoms with Gasteiger partial charge in [-0.25, -0.2) is 9.78 Å². The molecule has 0 saturated carbocycles. The highest BCUT2D eigenvalue weighted by Gasteiger charge is 2.33. The lowest BCUT2D eigenvalue weighted by Gasteiger charge is -2.37. The fourth-order valence-corrected chi connectivity index (χ4v) is 3.23. The molecule has 0 aromatic carbocycles. The third-order valence-corrected chi connectivity index (χ3v) is 4.27. The summed E-state index contributed by atoms with van der Waals surface area (Å²) in [6, 6.07) is 5.55. The van der Waals surface area contributed by atoms with E-state index in [0.717, 1.165) is 12.8 Å². The molecule has 2 heterocycles. The van der Waals surface area contributed by atoms with Crippen LogP contribution in [0.1, 0.15) is 47.5 Å². The van der Waals surface area contributed by atoms with Crippen molar-refractivity contribution < 1.29 is 14.3 Å². The first-order chi connectivity index (χ1) is 11.1. The van der Waals surface area contributed by atoms with Crippen molar-refractivity contribution in [3.8, 4) is 0 Å². The number of aromatic nitrogens is 1. The Labute approximate surface area is 152 Å². The Morgan fingerprint density at radius 1 is 1.46 bits per heavy atom. The standard InChI is InChI=1S/C18H27BrN2O3/c1-17(2,3)24-16(22)21(15-8-6-7-14(19)20-15)12-13-9-10-23-18(4,5)11-13/h6-8,13H,9-12H2,1-5H3/t13-/m0/s1. The average molecular weight is 399 g/mol. The summed E-state index contributed by atoms with van der Waals surface area (Å²) in [5.41, 5.74) is -0.705. The third kappa shape index (κ3) is 5.74. The molecule has 1 fully saturated rings. The van der Waals surface area contributed by atoms with Gasteiger partial charge in [-0.05, 0) is 81.4 Å². The van der Waals surface area contributed by atoms with Gasteiger partial charge in [0.05, 0.1) is 5.60 Å². The molecule has 1 aliphatic heterocycles. The molecule has 1 saturated heterocycles. The van der Waals surface area contributed by atoms with Crippen LogP contribution in [-0.2, 0) is 9.47 Å². The molecule has 0 bridgehead atoms. The number of carbonyl (C=O) groups excluding carboxylic acids is 1. The zero-order chi connectivity index (χ0) is 18.0. The summed E-state index contributed by atoms with van der Waals surface area (Å²) >= 11 is 3.37. The first kappa shape index (κ1) is 19.2. The third-order valence-electron chi connectivity index (χ3n) is 3.83. The van der Waals surface area contributed by atoms with Gasteiger partial charge in [0.15, 0.2) is 0 Å². The van der Waals surface area contributed by atoms with E-state index in [-0.39, 0.29) is 11.7 Å². The minimum Gasteiger partial charge on any atom is -0.443 e. The Morgan fingerprint density at radius 3 is 2.75 bits per heavy atom. The monoisotopic (exact) mass is 398 g/mol. The lowest BCUT2D eigenvalue weighted by atomic mass is 9.88. The van der Waals surface area contributed by atoms with Crippen LogP contribution in [0.2, 0.25) is 0 Å². The molecule has 1 atom stereocenters. The maximum absolute atomic E-state index is 12.7. The Hall–Kier alpha value is -1.14. The van der Waals surface area contributed by atoms with Gasteiger partial charge in [-0.2, -0.15) is 0 Å². The van der Waals surface area contributed by atoms with Crippen molar-refractivity contribution >= 4 is 27.8 Å². The number of nitrogens with zero attached hydrogens (tertiary/aromatic N) is 2. The number of amides is 1. The summed E-state index contributed by atoms with van der Waals surface area (Å²) in [5, 5.41) is 0. The van der Waals surface area contributed by atoms with Crippen LogP contribution in [0.15, 0.2) is 22.8 Å². The van der Waals surface area contributed by atoms with E-state index in [1.165, 1.54) is 0 Å². The summed E-state index contributed by atoms with van der Waals surface area (Å²) in [7, 11) is 0. The van der Waals surface area contributed by atoms with Crippen LogP contribution in [0.25, 0.3) is 0 Å². The van der Waals surface area contributed by atoms with E-state index < -0.39 is 5.60 Å². The number of hydrogen-bond acceptors (Lipinski definition) is 4. The van der Waals surface area contributed by atoms with Gasteiger partial charge < -0.3 is 9.47 Å². The summed E-state index contributed by atoms with van der Waals surface area (Å²) < 4.78 is 12.1. The van der Waals surface area contributed by atoms with Crippen LogP contribution >= 0.6 is 15.9 Å². The van der Waals surface area contributed by atoms with Crippen LogP contribution in [0.4, 0.5) is 10.6 Å². The molecule has 0 N–H and O–H groups in total. The van der Waals surface area contributed by atoms with Crippen molar-refractivity contribution in [2.75, 3.05) is 18.1 Å². The molecular formula is C18H27BrN2O3. The second kappa shape index (κ2) is 7.40. The molecule has 6 heteroatoms. The van der Waals surface area contributed by atoms with Crippen molar-refractivity contribution in [1.82, 2.24) is 4.98 Å². The van der Waals surface area contributed by atoms with Crippen LogP contribution < -0.4 is 4.90 Å². The maximum atomic E-state index is 12.7. The summed E-state index contributed by atoms with van der Waals surface area (Å²) in [4.78, 5) is 18.8. The number of carbonyl (C=O) groups is 1. The molecule has 2 rings (SSSR count). The molecular weight excluding hydrogens is 372 g/mol. The van der Waals surface area contributed by atoms with Crippen molar-refractivity contribution in [2.45, 2.75) is 58.7 Å². The zero-order valence-corrected chi connectivity index (χ0v) is 16.7. The molecule has 0 radical (unpaired) electrons. The summed E-state index contributed by atoms with van der Waals surface area (Å²) in [6.07, 6.45) is 1.47. The topological polar surface area (TPSA) is 51.7 Å². The highest BCUT2D eigenvalue weighted by atomic mass is 79.9. The molecule has 1 amide bonds. The molecule has 0 spiro atoms. The Balaban J connectivity index is 2.21. The second-order valence-corrected chi connectivity index (χ2v) is 8.69. The summed E-state index contributed by atoms with van der Waals surface area (Å²) in [5.74, 6) is 0.949. The molecule has 24 heavy (non-hydrogen) atoms. The van der Waals surface area contributed by atoms with Gasteiger partial charge in [0.2, 0.25) is 0 Å². The van der Waals surface area contributed by atoms with Crippen LogP contribution in [0.3, 0.4) is 0 Å².